The van der Waals surface area contributed by atoms with E-state index in [1.807, 2.05) is 0 Å². The molecule has 53 heavy (non-hydrogen) atoms. The smallest absolute Gasteiger partial charge is 0.0540 e. The third kappa shape index (κ3) is 5.42. The first-order chi connectivity index (χ1) is 26.3. The summed E-state index contributed by atoms with van der Waals surface area (Å²) in [4.78, 5) is 2.44. The van der Waals surface area contributed by atoms with Crippen LogP contribution in [0.1, 0.15) is 0 Å². The first-order valence-corrected chi connectivity index (χ1v) is 18.3. The molecule has 0 unspecified atom stereocenters. The van der Waals surface area contributed by atoms with Gasteiger partial charge in [-0.1, -0.05) is 182 Å². The fourth-order valence-electron chi connectivity index (χ4n) is 8.14. The lowest BCUT2D eigenvalue weighted by atomic mass is 9.88. The number of hydrogen-bond donors (Lipinski definition) is 0. The van der Waals surface area contributed by atoms with Crippen molar-refractivity contribution in [1.29, 1.82) is 0 Å². The highest BCUT2D eigenvalue weighted by Gasteiger charge is 2.21. The van der Waals surface area contributed by atoms with Gasteiger partial charge in [0.15, 0.2) is 0 Å². The fraction of sp³-hybridized carbons (Fsp3) is 0. The molecule has 248 valence electrons. The summed E-state index contributed by atoms with van der Waals surface area (Å²) in [6.45, 7) is 0. The Morgan fingerprint density at radius 1 is 0.245 bits per heavy atom. The van der Waals surface area contributed by atoms with Crippen LogP contribution < -0.4 is 4.90 Å². The zero-order valence-corrected chi connectivity index (χ0v) is 29.2. The number of anilines is 3. The Bertz CT molecular complexity index is 2840. The minimum Gasteiger partial charge on any atom is -0.310 e. The van der Waals surface area contributed by atoms with E-state index in [1.165, 1.54) is 76.5 Å². The van der Waals surface area contributed by atoms with E-state index >= 15 is 0 Å². The molecule has 0 aliphatic heterocycles. The zero-order chi connectivity index (χ0) is 35.1. The summed E-state index contributed by atoms with van der Waals surface area (Å²) < 4.78 is 0. The molecule has 0 aliphatic rings. The average molecular weight is 674 g/mol. The Hall–Kier alpha value is -6.96. The van der Waals surface area contributed by atoms with E-state index in [4.69, 9.17) is 0 Å². The third-order valence-electron chi connectivity index (χ3n) is 10.6. The molecule has 0 heterocycles. The van der Waals surface area contributed by atoms with Crippen LogP contribution in [0.15, 0.2) is 212 Å². The predicted octanol–water partition coefficient (Wildman–Crippen LogP) is 14.8. The molecule has 0 amide bonds. The molecule has 0 N–H and O–H groups in total. The molecular formula is C52H35N. The van der Waals surface area contributed by atoms with Gasteiger partial charge >= 0.3 is 0 Å². The molecule has 0 radical (unpaired) electrons. The van der Waals surface area contributed by atoms with Gasteiger partial charge in [-0.05, 0) is 101 Å². The Balaban J connectivity index is 1.21. The van der Waals surface area contributed by atoms with Crippen LogP contribution in [-0.4, -0.2) is 0 Å². The number of rotatable bonds is 6. The second-order valence-corrected chi connectivity index (χ2v) is 13.7. The van der Waals surface area contributed by atoms with Gasteiger partial charge in [0.05, 0.1) is 5.69 Å². The first kappa shape index (κ1) is 30.8. The molecule has 0 fully saturated rings. The average Bonchev–Trinajstić information content (AvgIpc) is 3.24. The Kier molecular flexibility index (Phi) is 7.55. The van der Waals surface area contributed by atoms with E-state index in [1.54, 1.807) is 0 Å². The minimum absolute atomic E-state index is 1.11. The maximum Gasteiger partial charge on any atom is 0.0540 e. The SMILES string of the molecule is c1ccc(-c2ccccc2-c2ccccc2-c2ccccc2N(c2ccc3c(ccc4ccccc43)c2)c2ccc3c(ccc4ccccc43)c2)cc1. The van der Waals surface area contributed by atoms with Gasteiger partial charge in [-0.3, -0.25) is 0 Å². The molecule has 10 rings (SSSR count). The van der Waals surface area contributed by atoms with Crippen LogP contribution in [0.2, 0.25) is 0 Å². The van der Waals surface area contributed by atoms with Crippen molar-refractivity contribution in [3.05, 3.63) is 212 Å². The molecule has 0 atom stereocenters. The van der Waals surface area contributed by atoms with Crippen molar-refractivity contribution >= 4 is 60.2 Å². The Labute approximate surface area is 309 Å². The largest absolute Gasteiger partial charge is 0.310 e. The molecule has 10 aromatic rings. The van der Waals surface area contributed by atoms with E-state index in [9.17, 15) is 0 Å². The van der Waals surface area contributed by atoms with Crippen molar-refractivity contribution in [2.75, 3.05) is 4.90 Å². The number of fused-ring (bicyclic) bond motifs is 6. The zero-order valence-electron chi connectivity index (χ0n) is 29.2. The number of nitrogens with zero attached hydrogens (tertiary/aromatic N) is 1. The van der Waals surface area contributed by atoms with Gasteiger partial charge in [0.2, 0.25) is 0 Å². The van der Waals surface area contributed by atoms with Gasteiger partial charge in [-0.25, -0.2) is 0 Å². The summed E-state index contributed by atoms with van der Waals surface area (Å²) in [5, 5.41) is 9.99. The van der Waals surface area contributed by atoms with Gasteiger partial charge in [-0.2, -0.15) is 0 Å². The minimum atomic E-state index is 1.11. The van der Waals surface area contributed by atoms with E-state index < -0.39 is 0 Å². The van der Waals surface area contributed by atoms with Gasteiger partial charge in [0, 0.05) is 16.9 Å². The molecule has 1 nitrogen and oxygen atoms in total. The van der Waals surface area contributed by atoms with E-state index in [0.29, 0.717) is 0 Å². The highest BCUT2D eigenvalue weighted by atomic mass is 15.1. The van der Waals surface area contributed by atoms with Crippen LogP contribution in [0.5, 0.6) is 0 Å². The highest BCUT2D eigenvalue weighted by molar-refractivity contribution is 6.11. The monoisotopic (exact) mass is 673 g/mol. The summed E-state index contributed by atoms with van der Waals surface area (Å²) in [6.07, 6.45) is 0. The molecule has 10 aromatic carbocycles. The second-order valence-electron chi connectivity index (χ2n) is 13.7. The lowest BCUT2D eigenvalue weighted by Gasteiger charge is -2.29. The lowest BCUT2D eigenvalue weighted by molar-refractivity contribution is 1.29. The van der Waals surface area contributed by atoms with Crippen LogP contribution in [0.3, 0.4) is 0 Å². The van der Waals surface area contributed by atoms with Crippen molar-refractivity contribution in [2.45, 2.75) is 0 Å². The first-order valence-electron chi connectivity index (χ1n) is 18.3. The van der Waals surface area contributed by atoms with Crippen LogP contribution in [0.25, 0.3) is 76.5 Å². The van der Waals surface area contributed by atoms with Crippen LogP contribution in [0.4, 0.5) is 17.1 Å². The van der Waals surface area contributed by atoms with Crippen LogP contribution in [-0.2, 0) is 0 Å². The van der Waals surface area contributed by atoms with Crippen molar-refractivity contribution in [1.82, 2.24) is 0 Å². The summed E-state index contributed by atoms with van der Waals surface area (Å²) in [5.41, 5.74) is 10.6. The van der Waals surface area contributed by atoms with E-state index in [2.05, 4.69) is 217 Å². The van der Waals surface area contributed by atoms with Crippen LogP contribution in [0, 0.1) is 0 Å². The van der Waals surface area contributed by atoms with Crippen molar-refractivity contribution in [2.24, 2.45) is 0 Å². The van der Waals surface area contributed by atoms with Gasteiger partial charge in [-0.15, -0.1) is 0 Å². The summed E-state index contributed by atoms with van der Waals surface area (Å²) in [5.74, 6) is 0. The van der Waals surface area contributed by atoms with Crippen molar-refractivity contribution in [3.63, 3.8) is 0 Å². The highest BCUT2D eigenvalue weighted by Crippen LogP contribution is 2.46. The summed E-state index contributed by atoms with van der Waals surface area (Å²) in [7, 11) is 0. The second kappa shape index (κ2) is 13.0. The molecule has 1 heteroatoms. The van der Waals surface area contributed by atoms with Gasteiger partial charge in [0.25, 0.3) is 0 Å². The third-order valence-corrected chi connectivity index (χ3v) is 10.6. The molecule has 0 spiro atoms. The Morgan fingerprint density at radius 3 is 1.23 bits per heavy atom. The molecular weight excluding hydrogens is 639 g/mol. The molecule has 0 bridgehead atoms. The predicted molar refractivity (Wildman–Crippen MR) is 227 cm³/mol. The fourth-order valence-corrected chi connectivity index (χ4v) is 8.14. The molecule has 0 saturated heterocycles. The number of benzene rings is 10. The normalized spacial score (nSPS) is 11.4. The quantitative estimate of drug-likeness (QED) is 0.159. The maximum absolute atomic E-state index is 2.44. The summed E-state index contributed by atoms with van der Waals surface area (Å²) >= 11 is 0. The van der Waals surface area contributed by atoms with Crippen molar-refractivity contribution < 1.29 is 0 Å². The molecule has 0 aliphatic carbocycles. The summed E-state index contributed by atoms with van der Waals surface area (Å²) in [6, 6.07) is 77.3. The number of para-hydroxylation sites is 1. The van der Waals surface area contributed by atoms with Gasteiger partial charge in [0.1, 0.15) is 0 Å². The topological polar surface area (TPSA) is 3.24 Å². The van der Waals surface area contributed by atoms with E-state index in [0.717, 1.165) is 17.1 Å². The number of hydrogen-bond acceptors (Lipinski definition) is 1. The van der Waals surface area contributed by atoms with Crippen LogP contribution >= 0.6 is 0 Å². The standard InChI is InChI=1S/C52H35N/c1-2-14-36(15-3-1)45-20-8-9-21-48(45)49-22-10-11-23-50(49)51-24-12-13-25-52(51)53(41-30-32-46-39(34-41)28-26-37-16-4-6-18-43(37)46)42-31-33-47-40(35-42)29-27-38-17-5-7-19-44(38)47/h1-35H. The molecule has 0 saturated carbocycles. The van der Waals surface area contributed by atoms with E-state index in [-0.39, 0.29) is 0 Å². The lowest BCUT2D eigenvalue weighted by Crippen LogP contribution is -2.11. The Morgan fingerprint density at radius 2 is 0.642 bits per heavy atom. The van der Waals surface area contributed by atoms with Crippen molar-refractivity contribution in [3.8, 4) is 33.4 Å². The van der Waals surface area contributed by atoms with Gasteiger partial charge < -0.3 is 4.90 Å². The molecule has 0 aromatic heterocycles. The maximum atomic E-state index is 2.44.